The van der Waals surface area contributed by atoms with Gasteiger partial charge in [0.25, 0.3) is 11.8 Å². The number of carbonyl (C=O) groups excluding carboxylic acids is 2. The lowest BCUT2D eigenvalue weighted by atomic mass is 10.1. The van der Waals surface area contributed by atoms with Crippen molar-refractivity contribution in [2.75, 3.05) is 39.2 Å². The van der Waals surface area contributed by atoms with E-state index in [9.17, 15) is 9.59 Å². The van der Waals surface area contributed by atoms with Crippen molar-refractivity contribution in [1.29, 1.82) is 0 Å². The van der Waals surface area contributed by atoms with E-state index in [-0.39, 0.29) is 12.5 Å². The molecular formula is C14H21N3O4. The molecule has 7 heteroatoms. The van der Waals surface area contributed by atoms with Gasteiger partial charge in [-0.1, -0.05) is 12.1 Å². The maximum absolute atomic E-state index is 12.1. The van der Waals surface area contributed by atoms with Crippen molar-refractivity contribution in [3.63, 3.8) is 0 Å². The Balaban J connectivity index is 2.79. The number of amides is 2. The molecule has 0 aliphatic carbocycles. The Morgan fingerprint density at radius 3 is 2.62 bits per heavy atom. The number of methoxy groups -OCH3 is 2. The largest absolute Gasteiger partial charge is 0.383 e. The minimum Gasteiger partial charge on any atom is -0.383 e. The summed E-state index contributed by atoms with van der Waals surface area (Å²) in [6, 6.07) is 6.72. The highest BCUT2D eigenvalue weighted by Gasteiger charge is 2.18. The highest BCUT2D eigenvalue weighted by molar-refractivity contribution is 6.04. The molecule has 0 fully saturated rings. The zero-order valence-electron chi connectivity index (χ0n) is 12.2. The number of ether oxygens (including phenoxy) is 2. The number of hydrogen-bond acceptors (Lipinski definition) is 5. The van der Waals surface area contributed by atoms with Crippen molar-refractivity contribution in [3.8, 4) is 0 Å². The molecule has 1 unspecified atom stereocenters. The summed E-state index contributed by atoms with van der Waals surface area (Å²) in [5.74, 6) is -0.679. The Morgan fingerprint density at radius 2 is 2.00 bits per heavy atom. The Labute approximate surface area is 123 Å². The first kappa shape index (κ1) is 17.1. The predicted molar refractivity (Wildman–Crippen MR) is 79.1 cm³/mol. The molecule has 1 aromatic carbocycles. The third-order valence-electron chi connectivity index (χ3n) is 2.81. The molecule has 1 rings (SSSR count). The quantitative estimate of drug-likeness (QED) is 0.585. The van der Waals surface area contributed by atoms with Crippen LogP contribution in [-0.4, -0.2) is 51.8 Å². The Bertz CT molecular complexity index is 475. The standard InChI is InChI=1S/C14H21N3O4/c1-20-8-7-16-13(18)10-5-3-4-6-11(10)17-14(19)12(9-15)21-2/h3-6,12H,7-9,15H2,1-2H3,(H,16,18)(H,17,19). The van der Waals surface area contributed by atoms with Crippen LogP contribution in [-0.2, 0) is 14.3 Å². The van der Waals surface area contributed by atoms with Crippen LogP contribution in [0.5, 0.6) is 0 Å². The smallest absolute Gasteiger partial charge is 0.254 e. The van der Waals surface area contributed by atoms with E-state index < -0.39 is 12.0 Å². The molecule has 0 saturated carbocycles. The second-order valence-electron chi connectivity index (χ2n) is 4.24. The van der Waals surface area contributed by atoms with Gasteiger partial charge in [0, 0.05) is 27.3 Å². The molecule has 116 valence electrons. The molecule has 7 nitrogen and oxygen atoms in total. The van der Waals surface area contributed by atoms with Gasteiger partial charge in [-0.2, -0.15) is 0 Å². The fourth-order valence-corrected chi connectivity index (χ4v) is 1.68. The van der Waals surface area contributed by atoms with Crippen LogP contribution in [0.4, 0.5) is 5.69 Å². The summed E-state index contributed by atoms with van der Waals surface area (Å²) in [6.07, 6.45) is -0.755. The summed E-state index contributed by atoms with van der Waals surface area (Å²) in [5.41, 5.74) is 6.22. The molecule has 0 saturated heterocycles. The van der Waals surface area contributed by atoms with Crippen LogP contribution in [0.3, 0.4) is 0 Å². The first-order valence-electron chi connectivity index (χ1n) is 6.54. The number of nitrogens with one attached hydrogen (secondary N) is 2. The molecule has 0 radical (unpaired) electrons. The highest BCUT2D eigenvalue weighted by atomic mass is 16.5. The number of nitrogens with two attached hydrogens (primary N) is 1. The van der Waals surface area contributed by atoms with Gasteiger partial charge in [0.05, 0.1) is 17.9 Å². The van der Waals surface area contributed by atoms with E-state index >= 15 is 0 Å². The molecule has 1 aromatic rings. The fourth-order valence-electron chi connectivity index (χ4n) is 1.68. The number of benzene rings is 1. The lowest BCUT2D eigenvalue weighted by molar-refractivity contribution is -0.125. The summed E-state index contributed by atoms with van der Waals surface area (Å²) in [4.78, 5) is 24.0. The van der Waals surface area contributed by atoms with E-state index in [4.69, 9.17) is 15.2 Å². The van der Waals surface area contributed by atoms with E-state index in [1.165, 1.54) is 7.11 Å². The number of anilines is 1. The van der Waals surface area contributed by atoms with Gasteiger partial charge in [0.1, 0.15) is 6.10 Å². The Hall–Kier alpha value is -1.96. The van der Waals surface area contributed by atoms with Gasteiger partial charge < -0.3 is 25.8 Å². The van der Waals surface area contributed by atoms with Gasteiger partial charge in [-0.3, -0.25) is 9.59 Å². The van der Waals surface area contributed by atoms with Crippen LogP contribution in [0.15, 0.2) is 24.3 Å². The maximum atomic E-state index is 12.1. The minimum atomic E-state index is -0.755. The zero-order chi connectivity index (χ0) is 15.7. The molecule has 0 aliphatic rings. The van der Waals surface area contributed by atoms with Crippen molar-refractivity contribution >= 4 is 17.5 Å². The molecule has 0 heterocycles. The monoisotopic (exact) mass is 295 g/mol. The van der Waals surface area contributed by atoms with E-state index in [0.717, 1.165) is 0 Å². The lowest BCUT2D eigenvalue weighted by Gasteiger charge is -2.15. The number of hydrogen-bond donors (Lipinski definition) is 3. The first-order valence-corrected chi connectivity index (χ1v) is 6.54. The van der Waals surface area contributed by atoms with Gasteiger partial charge in [-0.05, 0) is 12.1 Å². The van der Waals surface area contributed by atoms with Crippen LogP contribution >= 0.6 is 0 Å². The summed E-state index contributed by atoms with van der Waals surface area (Å²) in [5, 5.41) is 5.35. The lowest BCUT2D eigenvalue weighted by Crippen LogP contribution is -2.36. The van der Waals surface area contributed by atoms with Crippen molar-refractivity contribution in [3.05, 3.63) is 29.8 Å². The van der Waals surface area contributed by atoms with Crippen molar-refractivity contribution in [1.82, 2.24) is 5.32 Å². The minimum absolute atomic E-state index is 0.0601. The topological polar surface area (TPSA) is 103 Å². The second kappa shape index (κ2) is 9.06. The van der Waals surface area contributed by atoms with E-state index in [1.807, 2.05) is 0 Å². The van der Waals surface area contributed by atoms with Crippen molar-refractivity contribution in [2.24, 2.45) is 5.73 Å². The van der Waals surface area contributed by atoms with E-state index in [2.05, 4.69) is 10.6 Å². The number of para-hydroxylation sites is 1. The molecule has 4 N–H and O–H groups in total. The average molecular weight is 295 g/mol. The SMILES string of the molecule is COCCNC(=O)c1ccccc1NC(=O)C(CN)OC. The first-order chi connectivity index (χ1) is 10.1. The van der Waals surface area contributed by atoms with Crippen molar-refractivity contribution in [2.45, 2.75) is 6.10 Å². The van der Waals surface area contributed by atoms with Gasteiger partial charge in [-0.25, -0.2) is 0 Å². The van der Waals surface area contributed by atoms with Crippen LogP contribution in [0.1, 0.15) is 10.4 Å². The predicted octanol–water partition coefficient (Wildman–Crippen LogP) is -0.0250. The molecule has 1 atom stereocenters. The zero-order valence-corrected chi connectivity index (χ0v) is 12.2. The van der Waals surface area contributed by atoms with Gasteiger partial charge >= 0.3 is 0 Å². The summed E-state index contributed by atoms with van der Waals surface area (Å²) >= 11 is 0. The Morgan fingerprint density at radius 1 is 1.29 bits per heavy atom. The van der Waals surface area contributed by atoms with E-state index in [1.54, 1.807) is 31.4 Å². The molecule has 21 heavy (non-hydrogen) atoms. The summed E-state index contributed by atoms with van der Waals surface area (Å²) in [7, 11) is 2.96. The molecule has 2 amide bonds. The normalized spacial score (nSPS) is 11.8. The van der Waals surface area contributed by atoms with Crippen LogP contribution < -0.4 is 16.4 Å². The van der Waals surface area contributed by atoms with Crippen LogP contribution in [0.2, 0.25) is 0 Å². The third-order valence-corrected chi connectivity index (χ3v) is 2.81. The van der Waals surface area contributed by atoms with Gasteiger partial charge in [0.2, 0.25) is 0 Å². The van der Waals surface area contributed by atoms with E-state index in [0.29, 0.717) is 24.4 Å². The number of carbonyl (C=O) groups is 2. The van der Waals surface area contributed by atoms with Crippen LogP contribution in [0.25, 0.3) is 0 Å². The molecule has 0 spiro atoms. The molecular weight excluding hydrogens is 274 g/mol. The number of rotatable bonds is 8. The van der Waals surface area contributed by atoms with Crippen molar-refractivity contribution < 1.29 is 19.1 Å². The maximum Gasteiger partial charge on any atom is 0.254 e. The Kier molecular flexibility index (Phi) is 7.38. The average Bonchev–Trinajstić information content (AvgIpc) is 2.49. The van der Waals surface area contributed by atoms with Gasteiger partial charge in [-0.15, -0.1) is 0 Å². The summed E-state index contributed by atoms with van der Waals surface area (Å²) in [6.45, 7) is 0.866. The molecule has 0 aromatic heterocycles. The second-order valence-corrected chi connectivity index (χ2v) is 4.24. The summed E-state index contributed by atoms with van der Waals surface area (Å²) < 4.78 is 9.83. The highest BCUT2D eigenvalue weighted by Crippen LogP contribution is 2.15. The molecule has 0 bridgehead atoms. The fraction of sp³-hybridized carbons (Fsp3) is 0.429. The third kappa shape index (κ3) is 5.14. The molecule has 0 aliphatic heterocycles. The van der Waals surface area contributed by atoms with Crippen LogP contribution in [0, 0.1) is 0 Å². The van der Waals surface area contributed by atoms with Gasteiger partial charge in [0.15, 0.2) is 0 Å².